The summed E-state index contributed by atoms with van der Waals surface area (Å²) < 4.78 is 34.7. The van der Waals surface area contributed by atoms with Crippen molar-refractivity contribution in [2.75, 3.05) is 26.7 Å². The van der Waals surface area contributed by atoms with Gasteiger partial charge in [0.25, 0.3) is 0 Å². The Labute approximate surface area is 189 Å². The van der Waals surface area contributed by atoms with E-state index in [1.165, 1.54) is 4.31 Å². The first-order valence-electron chi connectivity index (χ1n) is 10.8. The molecule has 0 aliphatic carbocycles. The minimum Gasteiger partial charge on any atom is -0.487 e. The lowest BCUT2D eigenvalue weighted by molar-refractivity contribution is -0.131. The van der Waals surface area contributed by atoms with Gasteiger partial charge in [-0.25, -0.2) is 8.42 Å². The monoisotopic (exact) mass is 461 g/mol. The van der Waals surface area contributed by atoms with E-state index in [0.29, 0.717) is 13.0 Å². The van der Waals surface area contributed by atoms with Gasteiger partial charge in [0.1, 0.15) is 16.7 Å². The number of aromatic nitrogens is 1. The van der Waals surface area contributed by atoms with Gasteiger partial charge in [-0.2, -0.15) is 4.31 Å². The highest BCUT2D eigenvalue weighted by Crippen LogP contribution is 2.36. The average molecular weight is 462 g/mol. The molecule has 32 heavy (non-hydrogen) atoms. The van der Waals surface area contributed by atoms with Crippen LogP contribution in [0.5, 0.6) is 5.75 Å². The number of likely N-dealkylation sites (N-methyl/N-ethyl adjacent to an activating group) is 1. The lowest BCUT2D eigenvalue weighted by Gasteiger charge is -2.37. The molecule has 1 N–H and O–H groups in total. The standard InChI is InChI=1S/C23H31N3O5S/c1-5-23(28)25(4)14-21-16(2)13-26(17(3)15-27)32(29,30)22-7-6-19(12-20(22)31-21)18-8-10-24-11-9-18/h6-12,16-17,21,27H,5,13-15H2,1-4H3/t16-,17+,21+/m0/s1. The van der Waals surface area contributed by atoms with Crippen molar-refractivity contribution in [2.45, 2.75) is 44.2 Å². The normalized spacial score (nSPS) is 21.5. The Morgan fingerprint density at radius 2 is 1.97 bits per heavy atom. The molecular weight excluding hydrogens is 430 g/mol. The number of fused-ring (bicyclic) bond motifs is 1. The molecule has 0 bridgehead atoms. The van der Waals surface area contributed by atoms with Gasteiger partial charge in [-0.15, -0.1) is 0 Å². The number of carbonyl (C=O) groups is 1. The highest BCUT2D eigenvalue weighted by molar-refractivity contribution is 7.89. The van der Waals surface area contributed by atoms with Crippen LogP contribution in [0, 0.1) is 5.92 Å². The van der Waals surface area contributed by atoms with Crippen LogP contribution in [0.25, 0.3) is 11.1 Å². The zero-order chi connectivity index (χ0) is 23.5. The molecule has 0 radical (unpaired) electrons. The van der Waals surface area contributed by atoms with E-state index in [2.05, 4.69) is 4.98 Å². The Morgan fingerprint density at radius 1 is 1.28 bits per heavy atom. The van der Waals surface area contributed by atoms with E-state index in [1.807, 2.05) is 19.1 Å². The number of nitrogens with zero attached hydrogens (tertiary/aromatic N) is 3. The van der Waals surface area contributed by atoms with Gasteiger partial charge < -0.3 is 14.7 Å². The molecule has 174 valence electrons. The van der Waals surface area contributed by atoms with Crippen molar-refractivity contribution in [3.05, 3.63) is 42.7 Å². The van der Waals surface area contributed by atoms with Crippen LogP contribution in [-0.4, -0.2) is 72.5 Å². The minimum atomic E-state index is -3.90. The fourth-order valence-electron chi connectivity index (χ4n) is 3.81. The fraction of sp³-hybridized carbons (Fsp3) is 0.478. The van der Waals surface area contributed by atoms with E-state index < -0.39 is 22.2 Å². The second kappa shape index (κ2) is 9.97. The molecule has 0 saturated heterocycles. The summed E-state index contributed by atoms with van der Waals surface area (Å²) in [6.07, 6.45) is 3.29. The minimum absolute atomic E-state index is 0.0122. The molecule has 1 aromatic heterocycles. The van der Waals surface area contributed by atoms with E-state index in [0.717, 1.165) is 11.1 Å². The summed E-state index contributed by atoms with van der Waals surface area (Å²) in [5.41, 5.74) is 1.68. The van der Waals surface area contributed by atoms with Crippen LogP contribution in [0.15, 0.2) is 47.6 Å². The summed E-state index contributed by atoms with van der Waals surface area (Å²) in [5.74, 6) is 0.00813. The summed E-state index contributed by atoms with van der Waals surface area (Å²) in [6, 6.07) is 8.09. The van der Waals surface area contributed by atoms with Gasteiger partial charge in [-0.05, 0) is 42.3 Å². The number of carbonyl (C=O) groups excluding carboxylic acids is 1. The van der Waals surface area contributed by atoms with E-state index in [9.17, 15) is 18.3 Å². The topological polar surface area (TPSA) is 100 Å². The molecule has 1 amide bonds. The molecule has 0 unspecified atom stereocenters. The summed E-state index contributed by atoms with van der Waals surface area (Å²) >= 11 is 0. The highest BCUT2D eigenvalue weighted by Gasteiger charge is 2.38. The predicted octanol–water partition coefficient (Wildman–Crippen LogP) is 2.39. The molecule has 3 atom stereocenters. The van der Waals surface area contributed by atoms with Crippen molar-refractivity contribution in [3.63, 3.8) is 0 Å². The second-order valence-corrected chi connectivity index (χ2v) is 10.1. The summed E-state index contributed by atoms with van der Waals surface area (Å²) in [7, 11) is -2.18. The Hall–Kier alpha value is -2.49. The summed E-state index contributed by atoms with van der Waals surface area (Å²) in [4.78, 5) is 17.9. The van der Waals surface area contributed by atoms with E-state index in [-0.39, 0.29) is 35.6 Å². The van der Waals surface area contributed by atoms with Gasteiger partial charge in [-0.1, -0.05) is 19.9 Å². The number of hydrogen-bond donors (Lipinski definition) is 1. The van der Waals surface area contributed by atoms with Crippen LogP contribution in [0.1, 0.15) is 27.2 Å². The molecule has 3 rings (SSSR count). The molecule has 0 saturated carbocycles. The number of hydrogen-bond acceptors (Lipinski definition) is 6. The first-order chi connectivity index (χ1) is 15.2. The first-order valence-corrected chi connectivity index (χ1v) is 12.2. The lowest BCUT2D eigenvalue weighted by atomic mass is 10.0. The lowest BCUT2D eigenvalue weighted by Crippen LogP contribution is -2.50. The fourth-order valence-corrected chi connectivity index (χ4v) is 5.63. The van der Waals surface area contributed by atoms with E-state index in [1.54, 1.807) is 56.4 Å². The number of ether oxygens (including phenoxy) is 1. The third kappa shape index (κ3) is 4.95. The molecule has 9 heteroatoms. The maximum Gasteiger partial charge on any atom is 0.247 e. The van der Waals surface area contributed by atoms with Gasteiger partial charge in [0, 0.05) is 44.4 Å². The third-order valence-electron chi connectivity index (χ3n) is 5.86. The Bertz CT molecular complexity index is 1040. The quantitative estimate of drug-likeness (QED) is 0.709. The van der Waals surface area contributed by atoms with E-state index >= 15 is 0 Å². The molecule has 0 fully saturated rings. The van der Waals surface area contributed by atoms with Crippen LogP contribution in [0.2, 0.25) is 0 Å². The van der Waals surface area contributed by atoms with Crippen molar-refractivity contribution < 1.29 is 23.1 Å². The summed E-state index contributed by atoms with van der Waals surface area (Å²) in [6.45, 7) is 5.59. The number of aliphatic hydroxyl groups is 1. The number of benzene rings is 1. The molecule has 2 heterocycles. The molecular formula is C23H31N3O5S. The first kappa shape index (κ1) is 24.2. The maximum atomic E-state index is 13.5. The Balaban J connectivity index is 2.11. The third-order valence-corrected chi connectivity index (χ3v) is 7.88. The van der Waals surface area contributed by atoms with Crippen LogP contribution in [0.3, 0.4) is 0 Å². The predicted molar refractivity (Wildman–Crippen MR) is 122 cm³/mol. The number of aliphatic hydroxyl groups excluding tert-OH is 1. The van der Waals surface area contributed by atoms with E-state index in [4.69, 9.17) is 4.74 Å². The Morgan fingerprint density at radius 3 is 2.59 bits per heavy atom. The molecule has 1 aliphatic heterocycles. The zero-order valence-electron chi connectivity index (χ0n) is 18.9. The van der Waals surface area contributed by atoms with Gasteiger partial charge in [0.2, 0.25) is 15.9 Å². The number of pyridine rings is 1. The Kier molecular flexibility index (Phi) is 7.53. The SMILES string of the molecule is CCC(=O)N(C)C[C@H]1Oc2cc(-c3ccncc3)ccc2S(=O)(=O)N([C@H](C)CO)C[C@@H]1C. The number of sulfonamides is 1. The second-order valence-electron chi connectivity index (χ2n) is 8.27. The molecule has 2 aromatic rings. The highest BCUT2D eigenvalue weighted by atomic mass is 32.2. The van der Waals surface area contributed by atoms with Crippen molar-refractivity contribution in [1.29, 1.82) is 0 Å². The van der Waals surface area contributed by atoms with Crippen molar-refractivity contribution in [3.8, 4) is 16.9 Å². The zero-order valence-corrected chi connectivity index (χ0v) is 19.7. The number of amides is 1. The smallest absolute Gasteiger partial charge is 0.247 e. The molecule has 1 aliphatic rings. The van der Waals surface area contributed by atoms with Gasteiger partial charge >= 0.3 is 0 Å². The van der Waals surface area contributed by atoms with Gasteiger partial charge in [0.15, 0.2) is 0 Å². The van der Waals surface area contributed by atoms with Crippen molar-refractivity contribution >= 4 is 15.9 Å². The molecule has 1 aromatic carbocycles. The average Bonchev–Trinajstić information content (AvgIpc) is 2.80. The molecule has 0 spiro atoms. The van der Waals surface area contributed by atoms with Crippen molar-refractivity contribution in [1.82, 2.24) is 14.2 Å². The van der Waals surface area contributed by atoms with Crippen LogP contribution in [0.4, 0.5) is 0 Å². The van der Waals surface area contributed by atoms with Gasteiger partial charge in [0.05, 0.1) is 13.2 Å². The summed E-state index contributed by atoms with van der Waals surface area (Å²) in [5, 5.41) is 9.73. The van der Waals surface area contributed by atoms with Crippen molar-refractivity contribution in [2.24, 2.45) is 5.92 Å². The van der Waals surface area contributed by atoms with Crippen LogP contribution < -0.4 is 4.74 Å². The number of rotatable bonds is 6. The van der Waals surface area contributed by atoms with Gasteiger partial charge in [-0.3, -0.25) is 9.78 Å². The van der Waals surface area contributed by atoms with Crippen LogP contribution in [-0.2, 0) is 14.8 Å². The molecule has 8 nitrogen and oxygen atoms in total. The maximum absolute atomic E-state index is 13.5. The largest absolute Gasteiger partial charge is 0.487 e. The van der Waals surface area contributed by atoms with Crippen LogP contribution >= 0.6 is 0 Å².